The number of nitrogens with zero attached hydrogens (tertiary/aromatic N) is 1. The van der Waals surface area contributed by atoms with Crippen molar-refractivity contribution in [3.63, 3.8) is 0 Å². The standard InChI is InChI=1S/C15H28N2O4/c1-15(2,5-4-13(19)20)6-7-16-14(21)17(3)10-11-8-12(18)9-11/h11-12,18H,4-10H2,1-3H3,(H,16,21)(H,19,20). The first kappa shape index (κ1) is 17.8. The van der Waals surface area contributed by atoms with Crippen molar-refractivity contribution in [1.82, 2.24) is 10.2 Å². The molecule has 0 aromatic heterocycles. The van der Waals surface area contributed by atoms with Gasteiger partial charge in [-0.1, -0.05) is 13.8 Å². The predicted molar refractivity (Wildman–Crippen MR) is 80.0 cm³/mol. The summed E-state index contributed by atoms with van der Waals surface area (Å²) >= 11 is 0. The first-order valence-electron chi connectivity index (χ1n) is 7.58. The topological polar surface area (TPSA) is 89.9 Å². The highest BCUT2D eigenvalue weighted by molar-refractivity contribution is 5.73. The highest BCUT2D eigenvalue weighted by Gasteiger charge is 2.29. The van der Waals surface area contributed by atoms with Crippen molar-refractivity contribution in [3.05, 3.63) is 0 Å². The van der Waals surface area contributed by atoms with Crippen LogP contribution in [0.5, 0.6) is 0 Å². The second kappa shape index (κ2) is 7.64. The van der Waals surface area contributed by atoms with E-state index < -0.39 is 5.97 Å². The lowest BCUT2D eigenvalue weighted by Gasteiger charge is -2.34. The van der Waals surface area contributed by atoms with E-state index >= 15 is 0 Å². The average molecular weight is 300 g/mol. The minimum Gasteiger partial charge on any atom is -0.481 e. The van der Waals surface area contributed by atoms with Gasteiger partial charge in [0, 0.05) is 26.6 Å². The van der Waals surface area contributed by atoms with Gasteiger partial charge >= 0.3 is 12.0 Å². The van der Waals surface area contributed by atoms with Crippen LogP contribution in [-0.4, -0.2) is 53.4 Å². The molecule has 21 heavy (non-hydrogen) atoms. The van der Waals surface area contributed by atoms with E-state index in [4.69, 9.17) is 5.11 Å². The second-order valence-corrected chi connectivity index (χ2v) is 6.91. The summed E-state index contributed by atoms with van der Waals surface area (Å²) in [5.41, 5.74) is -0.0949. The molecular weight excluding hydrogens is 272 g/mol. The van der Waals surface area contributed by atoms with Gasteiger partial charge in [0.15, 0.2) is 0 Å². The van der Waals surface area contributed by atoms with Gasteiger partial charge in [0.05, 0.1) is 6.10 Å². The molecule has 0 unspecified atom stereocenters. The van der Waals surface area contributed by atoms with Crippen LogP contribution in [0.25, 0.3) is 0 Å². The van der Waals surface area contributed by atoms with Gasteiger partial charge in [0.25, 0.3) is 0 Å². The van der Waals surface area contributed by atoms with Crippen molar-refractivity contribution in [2.45, 2.75) is 52.1 Å². The first-order valence-corrected chi connectivity index (χ1v) is 7.58. The molecule has 6 nitrogen and oxygen atoms in total. The first-order chi connectivity index (χ1) is 9.69. The maximum atomic E-state index is 11.9. The van der Waals surface area contributed by atoms with E-state index in [0.29, 0.717) is 25.4 Å². The zero-order valence-corrected chi connectivity index (χ0v) is 13.3. The molecule has 0 radical (unpaired) electrons. The Bertz CT molecular complexity index is 365. The lowest BCUT2D eigenvalue weighted by atomic mass is 9.82. The summed E-state index contributed by atoms with van der Waals surface area (Å²) in [6.07, 6.45) is 2.88. The average Bonchev–Trinajstić information content (AvgIpc) is 2.34. The molecule has 0 aromatic carbocycles. The third-order valence-corrected chi connectivity index (χ3v) is 4.18. The number of carbonyl (C=O) groups is 2. The minimum absolute atomic E-state index is 0.0949. The van der Waals surface area contributed by atoms with Crippen molar-refractivity contribution in [2.75, 3.05) is 20.1 Å². The molecular formula is C15H28N2O4. The summed E-state index contributed by atoms with van der Waals surface area (Å²) in [6.45, 7) is 5.25. The summed E-state index contributed by atoms with van der Waals surface area (Å²) in [5, 5.41) is 20.8. The Labute approximate surface area is 126 Å². The quantitative estimate of drug-likeness (QED) is 0.636. The summed E-state index contributed by atoms with van der Waals surface area (Å²) < 4.78 is 0. The fourth-order valence-corrected chi connectivity index (χ4v) is 2.53. The van der Waals surface area contributed by atoms with Crippen molar-refractivity contribution >= 4 is 12.0 Å². The minimum atomic E-state index is -0.783. The highest BCUT2D eigenvalue weighted by Crippen LogP contribution is 2.28. The van der Waals surface area contributed by atoms with E-state index in [1.54, 1.807) is 11.9 Å². The molecule has 0 spiro atoms. The van der Waals surface area contributed by atoms with Gasteiger partial charge in [-0.05, 0) is 37.0 Å². The molecule has 122 valence electrons. The number of carboxylic acid groups (broad SMARTS) is 1. The number of aliphatic carboxylic acids is 1. The fraction of sp³-hybridized carbons (Fsp3) is 0.867. The number of nitrogens with one attached hydrogen (secondary N) is 1. The molecule has 0 aliphatic heterocycles. The third-order valence-electron chi connectivity index (χ3n) is 4.18. The van der Waals surface area contributed by atoms with Gasteiger partial charge < -0.3 is 20.4 Å². The van der Waals surface area contributed by atoms with Gasteiger partial charge in [-0.3, -0.25) is 4.79 Å². The number of hydrogen-bond acceptors (Lipinski definition) is 3. The Balaban J connectivity index is 2.18. The SMILES string of the molecule is CN(CC1CC(O)C1)C(=O)NCCC(C)(C)CCC(=O)O. The molecule has 0 bridgehead atoms. The van der Waals surface area contributed by atoms with E-state index in [0.717, 1.165) is 19.3 Å². The lowest BCUT2D eigenvalue weighted by molar-refractivity contribution is -0.137. The lowest BCUT2D eigenvalue weighted by Crippen LogP contribution is -2.44. The van der Waals surface area contributed by atoms with Crippen LogP contribution in [0.1, 0.15) is 46.0 Å². The van der Waals surface area contributed by atoms with Crippen molar-refractivity contribution < 1.29 is 19.8 Å². The molecule has 1 aliphatic carbocycles. The fourth-order valence-electron chi connectivity index (χ4n) is 2.53. The van der Waals surface area contributed by atoms with E-state index in [1.807, 2.05) is 13.8 Å². The van der Waals surface area contributed by atoms with E-state index in [9.17, 15) is 14.7 Å². The highest BCUT2D eigenvalue weighted by atomic mass is 16.4. The smallest absolute Gasteiger partial charge is 0.317 e. The van der Waals surface area contributed by atoms with Crippen LogP contribution in [0, 0.1) is 11.3 Å². The van der Waals surface area contributed by atoms with Gasteiger partial charge in [-0.25, -0.2) is 4.79 Å². The molecule has 3 N–H and O–H groups in total. The molecule has 1 fully saturated rings. The van der Waals surface area contributed by atoms with Crippen LogP contribution < -0.4 is 5.32 Å². The van der Waals surface area contributed by atoms with E-state index in [-0.39, 0.29) is 24.0 Å². The summed E-state index contributed by atoms with van der Waals surface area (Å²) in [5.74, 6) is -0.378. The number of aliphatic hydroxyl groups excluding tert-OH is 1. The van der Waals surface area contributed by atoms with Crippen molar-refractivity contribution in [3.8, 4) is 0 Å². The summed E-state index contributed by atoms with van der Waals surface area (Å²) in [7, 11) is 1.76. The number of urea groups is 1. The normalized spacial score (nSPS) is 21.5. The van der Waals surface area contributed by atoms with Crippen LogP contribution in [0.15, 0.2) is 0 Å². The van der Waals surface area contributed by atoms with Gasteiger partial charge in [0.1, 0.15) is 0 Å². The number of amides is 2. The Morgan fingerprint density at radius 1 is 1.29 bits per heavy atom. The maximum Gasteiger partial charge on any atom is 0.317 e. The number of carboxylic acids is 1. The van der Waals surface area contributed by atoms with E-state index in [2.05, 4.69) is 5.32 Å². The monoisotopic (exact) mass is 300 g/mol. The Morgan fingerprint density at radius 3 is 2.43 bits per heavy atom. The van der Waals surface area contributed by atoms with Crippen molar-refractivity contribution in [1.29, 1.82) is 0 Å². The molecule has 0 atom stereocenters. The molecule has 1 saturated carbocycles. The summed E-state index contributed by atoms with van der Waals surface area (Å²) in [6, 6.07) is -0.106. The molecule has 6 heteroatoms. The molecule has 0 saturated heterocycles. The molecule has 0 aromatic rings. The Morgan fingerprint density at radius 2 is 1.90 bits per heavy atom. The van der Waals surface area contributed by atoms with Crippen LogP contribution in [-0.2, 0) is 4.79 Å². The maximum absolute atomic E-state index is 11.9. The number of rotatable bonds is 8. The zero-order chi connectivity index (χ0) is 16.0. The van der Waals surface area contributed by atoms with Crippen LogP contribution in [0.4, 0.5) is 4.79 Å². The van der Waals surface area contributed by atoms with Crippen molar-refractivity contribution in [2.24, 2.45) is 11.3 Å². The Hall–Kier alpha value is -1.30. The van der Waals surface area contributed by atoms with Gasteiger partial charge in [0.2, 0.25) is 0 Å². The molecule has 2 amide bonds. The largest absolute Gasteiger partial charge is 0.481 e. The van der Waals surface area contributed by atoms with Crippen LogP contribution >= 0.6 is 0 Å². The molecule has 1 aliphatic rings. The predicted octanol–water partition coefficient (Wildman–Crippen LogP) is 1.68. The van der Waals surface area contributed by atoms with Gasteiger partial charge in [-0.2, -0.15) is 0 Å². The third kappa shape index (κ3) is 6.80. The molecule has 1 rings (SSSR count). The zero-order valence-electron chi connectivity index (χ0n) is 13.3. The summed E-state index contributed by atoms with van der Waals surface area (Å²) in [4.78, 5) is 24.1. The second-order valence-electron chi connectivity index (χ2n) is 6.91. The van der Waals surface area contributed by atoms with Crippen LogP contribution in [0.2, 0.25) is 0 Å². The van der Waals surface area contributed by atoms with Gasteiger partial charge in [-0.15, -0.1) is 0 Å². The molecule has 0 heterocycles. The number of hydrogen-bond donors (Lipinski definition) is 3. The number of carbonyl (C=O) groups excluding carboxylic acids is 1. The number of aliphatic hydroxyl groups is 1. The van der Waals surface area contributed by atoms with E-state index in [1.165, 1.54) is 0 Å². The van der Waals surface area contributed by atoms with Crippen LogP contribution in [0.3, 0.4) is 0 Å². The Kier molecular flexibility index (Phi) is 6.45.